The van der Waals surface area contributed by atoms with E-state index in [-0.39, 0.29) is 5.91 Å². The lowest BCUT2D eigenvalue weighted by Crippen LogP contribution is -2.34. The first-order chi connectivity index (χ1) is 9.72. The molecule has 0 aromatic heterocycles. The summed E-state index contributed by atoms with van der Waals surface area (Å²) in [4.78, 5) is 11.7. The Hall–Kier alpha value is -1.75. The third kappa shape index (κ3) is 4.42. The first-order valence-electron chi connectivity index (χ1n) is 6.91. The number of hydrogen-bond acceptors (Lipinski definition) is 4. The maximum atomic E-state index is 11.7. The number of carbonyl (C=O) groups is 1. The Balaban J connectivity index is 1.80. The fourth-order valence-corrected chi connectivity index (χ4v) is 1.99. The minimum Gasteiger partial charge on any atom is -0.497 e. The van der Waals surface area contributed by atoms with Crippen molar-refractivity contribution >= 4 is 5.91 Å². The summed E-state index contributed by atoms with van der Waals surface area (Å²) in [6.45, 7) is 1.74. The molecule has 2 rings (SSSR count). The van der Waals surface area contributed by atoms with E-state index in [9.17, 15) is 4.79 Å². The monoisotopic (exact) mass is 278 g/mol. The van der Waals surface area contributed by atoms with Crippen molar-refractivity contribution in [1.82, 2.24) is 10.6 Å². The van der Waals surface area contributed by atoms with E-state index >= 15 is 0 Å². The molecular weight excluding hydrogens is 256 g/mol. The third-order valence-electron chi connectivity index (χ3n) is 3.38. The Morgan fingerprint density at radius 3 is 2.75 bits per heavy atom. The molecule has 1 aliphatic rings. The lowest BCUT2D eigenvalue weighted by Gasteiger charge is -2.11. The molecule has 110 valence electrons. The molecule has 1 aromatic carbocycles. The molecule has 1 amide bonds. The van der Waals surface area contributed by atoms with Crippen LogP contribution < -0.4 is 20.1 Å². The first kappa shape index (κ1) is 14.7. The molecule has 5 nitrogen and oxygen atoms in total. The predicted molar refractivity (Wildman–Crippen MR) is 77.0 cm³/mol. The van der Waals surface area contributed by atoms with Crippen molar-refractivity contribution in [2.75, 3.05) is 27.3 Å². The topological polar surface area (TPSA) is 59.6 Å². The minimum atomic E-state index is -0.00415. The Kier molecular flexibility index (Phi) is 5.24. The largest absolute Gasteiger partial charge is 0.497 e. The number of ether oxygens (including phenoxy) is 2. The van der Waals surface area contributed by atoms with E-state index in [0.717, 1.165) is 29.5 Å². The highest BCUT2D eigenvalue weighted by Crippen LogP contribution is 2.27. The van der Waals surface area contributed by atoms with Gasteiger partial charge in [-0.15, -0.1) is 0 Å². The SMILES string of the molecule is COc1ccc(OC)c(CNC(=O)CNCC2CC2)c1. The van der Waals surface area contributed by atoms with E-state index in [1.165, 1.54) is 12.8 Å². The van der Waals surface area contributed by atoms with E-state index in [2.05, 4.69) is 10.6 Å². The van der Waals surface area contributed by atoms with Crippen molar-refractivity contribution in [3.05, 3.63) is 23.8 Å². The smallest absolute Gasteiger partial charge is 0.234 e. The zero-order valence-electron chi connectivity index (χ0n) is 12.1. The molecule has 1 aliphatic carbocycles. The fourth-order valence-electron chi connectivity index (χ4n) is 1.99. The van der Waals surface area contributed by atoms with Crippen LogP contribution in [0.25, 0.3) is 0 Å². The van der Waals surface area contributed by atoms with Crippen molar-refractivity contribution in [3.63, 3.8) is 0 Å². The lowest BCUT2D eigenvalue weighted by atomic mass is 10.2. The highest BCUT2D eigenvalue weighted by molar-refractivity contribution is 5.78. The second-order valence-electron chi connectivity index (χ2n) is 5.03. The van der Waals surface area contributed by atoms with Crippen LogP contribution in [0.1, 0.15) is 18.4 Å². The molecule has 0 radical (unpaired) electrons. The molecule has 5 heteroatoms. The molecule has 2 N–H and O–H groups in total. The van der Waals surface area contributed by atoms with E-state index in [4.69, 9.17) is 9.47 Å². The van der Waals surface area contributed by atoms with Crippen molar-refractivity contribution in [1.29, 1.82) is 0 Å². The molecule has 0 aliphatic heterocycles. The lowest BCUT2D eigenvalue weighted by molar-refractivity contribution is -0.120. The number of nitrogens with one attached hydrogen (secondary N) is 2. The van der Waals surface area contributed by atoms with Crippen LogP contribution in [0.2, 0.25) is 0 Å². The fraction of sp³-hybridized carbons (Fsp3) is 0.533. The van der Waals surface area contributed by atoms with E-state index < -0.39 is 0 Å². The molecule has 0 atom stereocenters. The van der Waals surface area contributed by atoms with Gasteiger partial charge in [0.25, 0.3) is 0 Å². The normalized spacial score (nSPS) is 13.9. The summed E-state index contributed by atoms with van der Waals surface area (Å²) in [5.41, 5.74) is 0.905. The summed E-state index contributed by atoms with van der Waals surface area (Å²) in [6.07, 6.45) is 2.57. The van der Waals surface area contributed by atoms with Crippen LogP contribution in [0.15, 0.2) is 18.2 Å². The average Bonchev–Trinajstić information content (AvgIpc) is 3.29. The number of amides is 1. The molecule has 0 unspecified atom stereocenters. The predicted octanol–water partition coefficient (Wildman–Crippen LogP) is 1.32. The van der Waals surface area contributed by atoms with Gasteiger partial charge in [0.1, 0.15) is 11.5 Å². The van der Waals surface area contributed by atoms with Gasteiger partial charge in [0.2, 0.25) is 5.91 Å². The summed E-state index contributed by atoms with van der Waals surface area (Å²) in [7, 11) is 3.23. The van der Waals surface area contributed by atoms with Crippen LogP contribution in [0, 0.1) is 5.92 Å². The second-order valence-corrected chi connectivity index (χ2v) is 5.03. The van der Waals surface area contributed by atoms with Crippen LogP contribution in [-0.4, -0.2) is 33.2 Å². The van der Waals surface area contributed by atoms with Crippen LogP contribution in [0.3, 0.4) is 0 Å². The van der Waals surface area contributed by atoms with Gasteiger partial charge in [-0.25, -0.2) is 0 Å². The van der Waals surface area contributed by atoms with Gasteiger partial charge in [-0.3, -0.25) is 4.79 Å². The van der Waals surface area contributed by atoms with Crippen LogP contribution in [-0.2, 0) is 11.3 Å². The molecule has 0 bridgehead atoms. The van der Waals surface area contributed by atoms with Crippen molar-refractivity contribution in [3.8, 4) is 11.5 Å². The first-order valence-corrected chi connectivity index (χ1v) is 6.91. The van der Waals surface area contributed by atoms with E-state index in [0.29, 0.717) is 13.1 Å². The van der Waals surface area contributed by atoms with Crippen LogP contribution in [0.4, 0.5) is 0 Å². The molecule has 0 saturated heterocycles. The minimum absolute atomic E-state index is 0.00415. The zero-order chi connectivity index (χ0) is 14.4. The highest BCUT2D eigenvalue weighted by Gasteiger charge is 2.20. The number of carbonyl (C=O) groups excluding carboxylic acids is 1. The summed E-state index contributed by atoms with van der Waals surface area (Å²) in [5, 5.41) is 6.05. The average molecular weight is 278 g/mol. The van der Waals surface area contributed by atoms with Gasteiger partial charge in [0.05, 0.1) is 20.8 Å². The van der Waals surface area contributed by atoms with Gasteiger partial charge in [-0.1, -0.05) is 0 Å². The molecule has 0 heterocycles. The second kappa shape index (κ2) is 7.14. The summed E-state index contributed by atoms with van der Waals surface area (Å²) < 4.78 is 10.5. The molecule has 1 fully saturated rings. The highest BCUT2D eigenvalue weighted by atomic mass is 16.5. The van der Waals surface area contributed by atoms with Gasteiger partial charge in [0, 0.05) is 12.1 Å². The van der Waals surface area contributed by atoms with E-state index in [1.54, 1.807) is 14.2 Å². The third-order valence-corrected chi connectivity index (χ3v) is 3.38. The van der Waals surface area contributed by atoms with Gasteiger partial charge < -0.3 is 20.1 Å². The quantitative estimate of drug-likeness (QED) is 0.753. The number of hydrogen-bond donors (Lipinski definition) is 2. The standard InChI is InChI=1S/C15H22N2O3/c1-19-13-5-6-14(20-2)12(7-13)9-17-15(18)10-16-8-11-3-4-11/h5-7,11,16H,3-4,8-10H2,1-2H3,(H,17,18). The Morgan fingerprint density at radius 2 is 2.10 bits per heavy atom. The molecular formula is C15H22N2O3. The van der Waals surface area contributed by atoms with Crippen molar-refractivity contribution < 1.29 is 14.3 Å². The maximum Gasteiger partial charge on any atom is 0.234 e. The van der Waals surface area contributed by atoms with Crippen LogP contribution in [0.5, 0.6) is 11.5 Å². The Morgan fingerprint density at radius 1 is 1.30 bits per heavy atom. The number of rotatable bonds is 8. The Labute approximate surface area is 119 Å². The van der Waals surface area contributed by atoms with Crippen molar-refractivity contribution in [2.24, 2.45) is 5.92 Å². The number of methoxy groups -OCH3 is 2. The summed E-state index contributed by atoms with van der Waals surface area (Å²) in [5.74, 6) is 2.27. The van der Waals surface area contributed by atoms with Crippen molar-refractivity contribution in [2.45, 2.75) is 19.4 Å². The zero-order valence-corrected chi connectivity index (χ0v) is 12.1. The van der Waals surface area contributed by atoms with Gasteiger partial charge in [-0.2, -0.15) is 0 Å². The molecule has 0 spiro atoms. The molecule has 1 saturated carbocycles. The Bertz CT molecular complexity index is 458. The van der Waals surface area contributed by atoms with Gasteiger partial charge in [0.15, 0.2) is 0 Å². The number of benzene rings is 1. The molecule has 1 aromatic rings. The summed E-state index contributed by atoms with van der Waals surface area (Å²) in [6, 6.07) is 5.55. The van der Waals surface area contributed by atoms with Gasteiger partial charge >= 0.3 is 0 Å². The van der Waals surface area contributed by atoms with Gasteiger partial charge in [-0.05, 0) is 43.5 Å². The summed E-state index contributed by atoms with van der Waals surface area (Å²) >= 11 is 0. The molecule has 20 heavy (non-hydrogen) atoms. The van der Waals surface area contributed by atoms with Crippen LogP contribution >= 0.6 is 0 Å². The van der Waals surface area contributed by atoms with E-state index in [1.807, 2.05) is 18.2 Å². The maximum absolute atomic E-state index is 11.7.